The van der Waals surface area contributed by atoms with Crippen molar-refractivity contribution in [2.24, 2.45) is 0 Å². The van der Waals surface area contributed by atoms with Crippen LogP contribution < -0.4 is 15.4 Å². The molecule has 1 atom stereocenters. The maximum Gasteiger partial charge on any atom is 0.204 e. The molecule has 0 fully saturated rings. The lowest BCUT2D eigenvalue weighted by Gasteiger charge is -2.16. The molecule has 21 heavy (non-hydrogen) atoms. The second-order valence-electron chi connectivity index (χ2n) is 4.71. The van der Waals surface area contributed by atoms with Crippen molar-refractivity contribution < 1.29 is 4.74 Å². The summed E-state index contributed by atoms with van der Waals surface area (Å²) in [7, 11) is 1.62. The van der Waals surface area contributed by atoms with E-state index in [1.165, 1.54) is 11.2 Å². The van der Waals surface area contributed by atoms with Crippen molar-refractivity contribution in [3.8, 4) is 5.75 Å². The molecule has 2 heterocycles. The third-order valence-corrected chi connectivity index (χ3v) is 4.01. The Morgan fingerprint density at radius 1 is 1.29 bits per heavy atom. The van der Waals surface area contributed by atoms with E-state index in [0.29, 0.717) is 17.4 Å². The van der Waals surface area contributed by atoms with Crippen LogP contribution in [0.5, 0.6) is 5.75 Å². The Hall–Kier alpha value is -1.89. The Kier molecular flexibility index (Phi) is 5.32. The number of aromatic nitrogens is 3. The van der Waals surface area contributed by atoms with E-state index in [4.69, 9.17) is 4.74 Å². The molecule has 6 nitrogen and oxygen atoms in total. The monoisotopic (exact) mass is 307 g/mol. The highest BCUT2D eigenvalue weighted by molar-refractivity contribution is 7.11. The van der Waals surface area contributed by atoms with Crippen LogP contribution in [0.4, 0.5) is 11.6 Å². The fourth-order valence-electron chi connectivity index (χ4n) is 1.88. The molecule has 2 aromatic heterocycles. The Morgan fingerprint density at radius 2 is 2.05 bits per heavy atom. The molecule has 2 aromatic rings. The predicted molar refractivity (Wildman–Crippen MR) is 86.3 cm³/mol. The third kappa shape index (κ3) is 3.81. The lowest BCUT2D eigenvalue weighted by atomic mass is 10.3. The van der Waals surface area contributed by atoms with Gasteiger partial charge in [0.05, 0.1) is 13.2 Å². The molecule has 0 aliphatic rings. The van der Waals surface area contributed by atoms with Crippen LogP contribution >= 0.6 is 11.3 Å². The molecule has 0 amide bonds. The number of aryl methyl sites for hydroxylation is 1. The van der Waals surface area contributed by atoms with Crippen LogP contribution in [0.1, 0.15) is 36.2 Å². The van der Waals surface area contributed by atoms with E-state index in [9.17, 15) is 0 Å². The van der Waals surface area contributed by atoms with Crippen molar-refractivity contribution in [2.75, 3.05) is 24.3 Å². The van der Waals surface area contributed by atoms with E-state index in [1.54, 1.807) is 18.4 Å². The lowest BCUT2D eigenvalue weighted by Crippen LogP contribution is -2.11. The van der Waals surface area contributed by atoms with Gasteiger partial charge < -0.3 is 15.4 Å². The summed E-state index contributed by atoms with van der Waals surface area (Å²) in [5.74, 6) is 2.01. The van der Waals surface area contributed by atoms with Crippen LogP contribution in [0.3, 0.4) is 0 Å². The number of ether oxygens (including phenoxy) is 1. The van der Waals surface area contributed by atoms with E-state index in [-0.39, 0.29) is 6.04 Å². The van der Waals surface area contributed by atoms with Crippen molar-refractivity contribution in [1.82, 2.24) is 15.0 Å². The Balaban J connectivity index is 2.18. The maximum absolute atomic E-state index is 5.45. The minimum Gasteiger partial charge on any atom is -0.490 e. The van der Waals surface area contributed by atoms with E-state index < -0.39 is 0 Å². The maximum atomic E-state index is 5.45. The van der Waals surface area contributed by atoms with Gasteiger partial charge in [-0.2, -0.15) is 0 Å². The van der Waals surface area contributed by atoms with Crippen molar-refractivity contribution in [3.05, 3.63) is 22.4 Å². The molecule has 7 heteroatoms. The smallest absolute Gasteiger partial charge is 0.204 e. The van der Waals surface area contributed by atoms with Crippen LogP contribution in [0.15, 0.2) is 12.5 Å². The van der Waals surface area contributed by atoms with Gasteiger partial charge in [-0.1, -0.05) is 6.92 Å². The summed E-state index contributed by atoms with van der Waals surface area (Å²) in [6.07, 6.45) is 4.43. The molecule has 0 spiro atoms. The number of rotatable bonds is 7. The number of hydrogen-bond acceptors (Lipinski definition) is 7. The van der Waals surface area contributed by atoms with E-state index in [1.807, 2.05) is 13.1 Å². The number of hydrogen-bond donors (Lipinski definition) is 2. The second-order valence-corrected chi connectivity index (χ2v) is 5.97. The molecule has 2 N–H and O–H groups in total. The Morgan fingerprint density at radius 3 is 2.67 bits per heavy atom. The minimum absolute atomic E-state index is 0.0616. The predicted octanol–water partition coefficient (Wildman–Crippen LogP) is 3.25. The SMILES string of the molecule is CCCNc1ncnc(NC(C)c2ncc(C)s2)c1OC. The largest absolute Gasteiger partial charge is 0.490 e. The van der Waals surface area contributed by atoms with Crippen molar-refractivity contribution >= 4 is 23.0 Å². The van der Waals surface area contributed by atoms with Gasteiger partial charge in [-0.3, -0.25) is 0 Å². The van der Waals surface area contributed by atoms with Gasteiger partial charge in [0.1, 0.15) is 11.3 Å². The standard InChI is InChI=1S/C14H21N5OS/c1-5-6-15-12-11(20-4)13(18-8-17-12)19-10(3)14-16-7-9(2)21-14/h7-8,10H,5-6H2,1-4H3,(H2,15,17,18,19). The van der Waals surface area contributed by atoms with E-state index in [0.717, 1.165) is 18.0 Å². The molecule has 0 saturated carbocycles. The van der Waals surface area contributed by atoms with Crippen LogP contribution in [0, 0.1) is 6.92 Å². The highest BCUT2D eigenvalue weighted by Gasteiger charge is 2.16. The zero-order valence-electron chi connectivity index (χ0n) is 12.8. The van der Waals surface area contributed by atoms with Gasteiger partial charge in [-0.25, -0.2) is 15.0 Å². The number of methoxy groups -OCH3 is 1. The average molecular weight is 307 g/mol. The molecule has 0 bridgehead atoms. The molecule has 0 radical (unpaired) electrons. The van der Waals surface area contributed by atoms with Crippen molar-refractivity contribution in [1.29, 1.82) is 0 Å². The highest BCUT2D eigenvalue weighted by atomic mass is 32.1. The molecule has 1 unspecified atom stereocenters. The number of nitrogens with zero attached hydrogens (tertiary/aromatic N) is 3. The fourth-order valence-corrected chi connectivity index (χ4v) is 2.65. The van der Waals surface area contributed by atoms with Crippen molar-refractivity contribution in [2.45, 2.75) is 33.2 Å². The Labute approximate surface area is 129 Å². The first-order valence-corrected chi connectivity index (χ1v) is 7.79. The lowest BCUT2D eigenvalue weighted by molar-refractivity contribution is 0.414. The molecule has 0 saturated heterocycles. The van der Waals surface area contributed by atoms with Gasteiger partial charge in [-0.15, -0.1) is 11.3 Å². The summed E-state index contributed by atoms with van der Waals surface area (Å²) in [4.78, 5) is 14.1. The fraction of sp³-hybridized carbons (Fsp3) is 0.500. The molecular weight excluding hydrogens is 286 g/mol. The van der Waals surface area contributed by atoms with Gasteiger partial charge in [0.15, 0.2) is 11.6 Å². The topological polar surface area (TPSA) is 72.0 Å². The summed E-state index contributed by atoms with van der Waals surface area (Å²) in [5, 5.41) is 7.61. The summed E-state index contributed by atoms with van der Waals surface area (Å²) in [6.45, 7) is 7.05. The normalized spacial score (nSPS) is 12.0. The third-order valence-electron chi connectivity index (χ3n) is 2.91. The van der Waals surface area contributed by atoms with Crippen LogP contribution in [-0.2, 0) is 0 Å². The number of anilines is 2. The molecule has 0 aromatic carbocycles. The van der Waals surface area contributed by atoms with Crippen LogP contribution in [-0.4, -0.2) is 28.6 Å². The zero-order chi connectivity index (χ0) is 15.2. The Bertz CT molecular complexity index is 586. The van der Waals surface area contributed by atoms with Gasteiger partial charge in [0.2, 0.25) is 5.75 Å². The van der Waals surface area contributed by atoms with Crippen LogP contribution in [0.2, 0.25) is 0 Å². The molecule has 2 rings (SSSR count). The van der Waals surface area contributed by atoms with Crippen LogP contribution in [0.25, 0.3) is 0 Å². The number of thiazole rings is 1. The van der Waals surface area contributed by atoms with Gasteiger partial charge in [0, 0.05) is 17.6 Å². The van der Waals surface area contributed by atoms with Crippen molar-refractivity contribution in [3.63, 3.8) is 0 Å². The van der Waals surface area contributed by atoms with E-state index >= 15 is 0 Å². The van der Waals surface area contributed by atoms with Gasteiger partial charge in [-0.05, 0) is 20.3 Å². The van der Waals surface area contributed by atoms with Gasteiger partial charge in [0.25, 0.3) is 0 Å². The quantitative estimate of drug-likeness (QED) is 0.818. The molecule has 0 aliphatic heterocycles. The highest BCUT2D eigenvalue weighted by Crippen LogP contribution is 2.32. The summed E-state index contributed by atoms with van der Waals surface area (Å²) in [5.41, 5.74) is 0. The molecule has 0 aliphatic carbocycles. The first kappa shape index (κ1) is 15.5. The first-order valence-electron chi connectivity index (χ1n) is 6.97. The summed E-state index contributed by atoms with van der Waals surface area (Å²) >= 11 is 1.67. The molecule has 114 valence electrons. The minimum atomic E-state index is 0.0616. The summed E-state index contributed by atoms with van der Waals surface area (Å²) < 4.78 is 5.45. The van der Waals surface area contributed by atoms with Gasteiger partial charge >= 0.3 is 0 Å². The number of nitrogens with one attached hydrogen (secondary N) is 2. The first-order chi connectivity index (χ1) is 10.2. The molecular formula is C14H21N5OS. The van der Waals surface area contributed by atoms with E-state index in [2.05, 4.69) is 39.4 Å². The summed E-state index contributed by atoms with van der Waals surface area (Å²) in [6, 6.07) is 0.0616. The zero-order valence-corrected chi connectivity index (χ0v) is 13.6. The average Bonchev–Trinajstić information content (AvgIpc) is 2.92. The second kappa shape index (κ2) is 7.21.